The Bertz CT molecular complexity index is 823. The van der Waals surface area contributed by atoms with Crippen LogP contribution in [0.25, 0.3) is 10.8 Å². The highest BCUT2D eigenvalue weighted by molar-refractivity contribution is 5.93. The Morgan fingerprint density at radius 1 is 1.12 bits per heavy atom. The molecular formula is C20H22N4. The number of aromatic nitrogens is 1. The summed E-state index contributed by atoms with van der Waals surface area (Å²) < 4.78 is 0. The van der Waals surface area contributed by atoms with E-state index in [1.54, 1.807) is 0 Å². The number of anilines is 2. The number of hydrogen-bond donors (Lipinski definition) is 2. The molecule has 2 aromatic carbocycles. The molecule has 0 spiro atoms. The average Bonchev–Trinajstić information content (AvgIpc) is 3.04. The van der Waals surface area contributed by atoms with E-state index in [2.05, 4.69) is 51.6 Å². The second-order valence-electron chi connectivity index (χ2n) is 6.51. The molecule has 1 aliphatic rings. The molecule has 3 N–H and O–H groups in total. The molecule has 4 rings (SSSR count). The Morgan fingerprint density at radius 3 is 2.88 bits per heavy atom. The molecule has 1 aliphatic heterocycles. The highest BCUT2D eigenvalue weighted by Gasteiger charge is 2.22. The summed E-state index contributed by atoms with van der Waals surface area (Å²) in [6, 6.07) is 17.1. The molecule has 0 bridgehead atoms. The highest BCUT2D eigenvalue weighted by atomic mass is 15.2. The summed E-state index contributed by atoms with van der Waals surface area (Å²) in [5.74, 6) is 0. The van der Waals surface area contributed by atoms with Crippen LogP contribution in [-0.4, -0.2) is 29.0 Å². The predicted molar refractivity (Wildman–Crippen MR) is 99.9 cm³/mol. The minimum Gasteiger partial charge on any atom is -0.399 e. The highest BCUT2D eigenvalue weighted by Crippen LogP contribution is 2.25. The monoisotopic (exact) mass is 318 g/mol. The third kappa shape index (κ3) is 3.19. The second-order valence-corrected chi connectivity index (χ2v) is 6.51. The lowest BCUT2D eigenvalue weighted by molar-refractivity contribution is 0.328. The van der Waals surface area contributed by atoms with Crippen molar-refractivity contribution in [2.24, 2.45) is 0 Å². The molecule has 0 amide bonds. The predicted octanol–water partition coefficient (Wildman–Crippen LogP) is 3.50. The Labute approximate surface area is 142 Å². The Morgan fingerprint density at radius 2 is 2.00 bits per heavy atom. The molecule has 3 aromatic rings. The van der Waals surface area contributed by atoms with E-state index in [-0.39, 0.29) is 0 Å². The lowest BCUT2D eigenvalue weighted by Crippen LogP contribution is -2.26. The van der Waals surface area contributed by atoms with Gasteiger partial charge in [0.2, 0.25) is 0 Å². The summed E-state index contributed by atoms with van der Waals surface area (Å²) in [5.41, 5.74) is 9.11. The molecule has 0 radical (unpaired) electrons. The fourth-order valence-corrected chi connectivity index (χ4v) is 3.44. The normalized spacial score (nSPS) is 18.1. The van der Waals surface area contributed by atoms with Gasteiger partial charge in [0.1, 0.15) is 0 Å². The van der Waals surface area contributed by atoms with Crippen molar-refractivity contribution < 1.29 is 0 Å². The molecule has 1 saturated heterocycles. The quantitative estimate of drug-likeness (QED) is 0.723. The van der Waals surface area contributed by atoms with E-state index in [1.165, 1.54) is 22.0 Å². The van der Waals surface area contributed by atoms with E-state index >= 15 is 0 Å². The van der Waals surface area contributed by atoms with Crippen LogP contribution < -0.4 is 11.1 Å². The van der Waals surface area contributed by atoms with Crippen molar-refractivity contribution in [3.05, 3.63) is 66.5 Å². The smallest absolute Gasteiger partial charge is 0.0423 e. The van der Waals surface area contributed by atoms with E-state index in [0.29, 0.717) is 6.04 Å². The van der Waals surface area contributed by atoms with Crippen molar-refractivity contribution in [3.63, 3.8) is 0 Å². The Kier molecular flexibility index (Phi) is 4.05. The zero-order valence-electron chi connectivity index (χ0n) is 13.7. The van der Waals surface area contributed by atoms with Gasteiger partial charge in [0, 0.05) is 60.2 Å². The molecule has 1 fully saturated rings. The van der Waals surface area contributed by atoms with Crippen LogP contribution in [0.1, 0.15) is 12.0 Å². The first kappa shape index (κ1) is 15.0. The maximum absolute atomic E-state index is 5.76. The van der Waals surface area contributed by atoms with Crippen LogP contribution in [0.2, 0.25) is 0 Å². The van der Waals surface area contributed by atoms with Crippen LogP contribution in [0, 0.1) is 0 Å². The van der Waals surface area contributed by atoms with Crippen molar-refractivity contribution in [1.29, 1.82) is 0 Å². The molecule has 0 aliphatic carbocycles. The lowest BCUT2D eigenvalue weighted by Gasteiger charge is -2.18. The summed E-state index contributed by atoms with van der Waals surface area (Å²) in [6.45, 7) is 3.16. The maximum Gasteiger partial charge on any atom is 0.0423 e. The lowest BCUT2D eigenvalue weighted by atomic mass is 10.1. The number of hydrogen-bond acceptors (Lipinski definition) is 4. The number of rotatable bonds is 4. The molecule has 1 atom stereocenters. The van der Waals surface area contributed by atoms with Gasteiger partial charge in [-0.3, -0.25) is 9.88 Å². The van der Waals surface area contributed by atoms with Gasteiger partial charge in [-0.05, 0) is 36.2 Å². The van der Waals surface area contributed by atoms with E-state index in [1.807, 2.05) is 24.5 Å². The number of nitrogen functional groups attached to an aromatic ring is 1. The molecular weight excluding hydrogens is 296 g/mol. The van der Waals surface area contributed by atoms with Gasteiger partial charge in [-0.25, -0.2) is 0 Å². The van der Waals surface area contributed by atoms with Crippen molar-refractivity contribution in [1.82, 2.24) is 9.88 Å². The average molecular weight is 318 g/mol. The zero-order chi connectivity index (χ0) is 16.4. The number of nitrogens with one attached hydrogen (secondary N) is 1. The van der Waals surface area contributed by atoms with E-state index < -0.39 is 0 Å². The van der Waals surface area contributed by atoms with E-state index in [0.717, 1.165) is 31.7 Å². The third-order valence-electron chi connectivity index (χ3n) is 4.70. The first-order valence-electron chi connectivity index (χ1n) is 8.44. The summed E-state index contributed by atoms with van der Waals surface area (Å²) in [7, 11) is 0. The SMILES string of the molecule is Nc1ccc(CN2CCC(Nc3cccc4cnccc34)C2)cc1. The molecule has 24 heavy (non-hydrogen) atoms. The standard InChI is InChI=1S/C20H22N4/c21-17-6-4-15(5-7-17)13-24-11-9-18(14-24)23-20-3-1-2-16-12-22-10-8-19(16)20/h1-8,10,12,18,23H,9,11,13-14,21H2. The zero-order valence-corrected chi connectivity index (χ0v) is 13.7. The van der Waals surface area contributed by atoms with Gasteiger partial charge in [-0.2, -0.15) is 0 Å². The van der Waals surface area contributed by atoms with Gasteiger partial charge in [0.25, 0.3) is 0 Å². The first-order chi connectivity index (χ1) is 11.8. The molecule has 4 nitrogen and oxygen atoms in total. The fourth-order valence-electron chi connectivity index (χ4n) is 3.44. The Hall–Kier alpha value is -2.59. The first-order valence-corrected chi connectivity index (χ1v) is 8.44. The summed E-state index contributed by atoms with van der Waals surface area (Å²) in [6.07, 6.45) is 4.94. The van der Waals surface area contributed by atoms with Crippen LogP contribution in [0.4, 0.5) is 11.4 Å². The summed E-state index contributed by atoms with van der Waals surface area (Å²) >= 11 is 0. The van der Waals surface area contributed by atoms with Crippen molar-refractivity contribution >= 4 is 22.1 Å². The fraction of sp³-hybridized carbons (Fsp3) is 0.250. The van der Waals surface area contributed by atoms with Gasteiger partial charge in [0.05, 0.1) is 0 Å². The molecule has 0 saturated carbocycles. The van der Waals surface area contributed by atoms with Gasteiger partial charge in [-0.15, -0.1) is 0 Å². The van der Waals surface area contributed by atoms with Crippen molar-refractivity contribution in [2.75, 3.05) is 24.1 Å². The van der Waals surface area contributed by atoms with E-state index in [9.17, 15) is 0 Å². The molecule has 122 valence electrons. The van der Waals surface area contributed by atoms with Crippen LogP contribution >= 0.6 is 0 Å². The van der Waals surface area contributed by atoms with Crippen LogP contribution in [0.15, 0.2) is 60.9 Å². The minimum absolute atomic E-state index is 0.484. The summed E-state index contributed by atoms with van der Waals surface area (Å²) in [4.78, 5) is 6.70. The van der Waals surface area contributed by atoms with Gasteiger partial charge >= 0.3 is 0 Å². The molecule has 2 heterocycles. The largest absolute Gasteiger partial charge is 0.399 e. The number of fused-ring (bicyclic) bond motifs is 1. The topological polar surface area (TPSA) is 54.2 Å². The number of likely N-dealkylation sites (tertiary alicyclic amines) is 1. The number of benzene rings is 2. The van der Waals surface area contributed by atoms with Gasteiger partial charge < -0.3 is 11.1 Å². The molecule has 1 aromatic heterocycles. The van der Waals surface area contributed by atoms with Gasteiger partial charge in [0.15, 0.2) is 0 Å². The number of nitrogens with two attached hydrogens (primary N) is 1. The third-order valence-corrected chi connectivity index (χ3v) is 4.70. The minimum atomic E-state index is 0.484. The van der Waals surface area contributed by atoms with Crippen molar-refractivity contribution in [2.45, 2.75) is 19.0 Å². The number of pyridine rings is 1. The van der Waals surface area contributed by atoms with E-state index in [4.69, 9.17) is 5.73 Å². The Balaban J connectivity index is 1.42. The molecule has 1 unspecified atom stereocenters. The van der Waals surface area contributed by atoms with Gasteiger partial charge in [-0.1, -0.05) is 24.3 Å². The van der Waals surface area contributed by atoms with Crippen LogP contribution in [0.5, 0.6) is 0 Å². The second kappa shape index (κ2) is 6.49. The number of nitrogens with zero attached hydrogens (tertiary/aromatic N) is 2. The van der Waals surface area contributed by atoms with Crippen LogP contribution in [0.3, 0.4) is 0 Å². The van der Waals surface area contributed by atoms with Crippen molar-refractivity contribution in [3.8, 4) is 0 Å². The molecule has 4 heteroatoms. The summed E-state index contributed by atoms with van der Waals surface area (Å²) in [5, 5.41) is 6.14. The maximum atomic E-state index is 5.76. The van der Waals surface area contributed by atoms with Crippen LogP contribution in [-0.2, 0) is 6.54 Å².